The molecule has 1 heterocycles. The maximum absolute atomic E-state index is 8.44. The summed E-state index contributed by atoms with van der Waals surface area (Å²) in [5.74, 6) is 0.752. The molecule has 0 aliphatic carbocycles. The molecule has 1 aromatic carbocycles. The summed E-state index contributed by atoms with van der Waals surface area (Å²) in [6, 6.07) is 10.5. The van der Waals surface area contributed by atoms with Gasteiger partial charge in [-0.2, -0.15) is 5.26 Å². The first kappa shape index (κ1) is 13.9. The molecule has 4 heteroatoms. The van der Waals surface area contributed by atoms with E-state index in [0.29, 0.717) is 6.04 Å². The number of nitrogens with one attached hydrogen (secondary N) is 1. The number of rotatable bonds is 5. The first-order valence-corrected chi connectivity index (χ1v) is 6.78. The number of hydrogen-bond acceptors (Lipinski definition) is 4. The third kappa shape index (κ3) is 4.55. The molecular weight excluding hydrogens is 238 g/mol. The summed E-state index contributed by atoms with van der Waals surface area (Å²) in [7, 11) is 2.18. The molecule has 0 aromatic heterocycles. The largest absolute Gasteiger partial charge is 0.479 e. The summed E-state index contributed by atoms with van der Waals surface area (Å²) < 4.78 is 5.23. The van der Waals surface area contributed by atoms with E-state index >= 15 is 0 Å². The van der Waals surface area contributed by atoms with Crippen LogP contribution in [0.5, 0.6) is 5.75 Å². The molecule has 102 valence electrons. The third-order valence-corrected chi connectivity index (χ3v) is 3.45. The lowest BCUT2D eigenvalue weighted by atomic mass is 10.1. The monoisotopic (exact) mass is 259 g/mol. The minimum Gasteiger partial charge on any atom is -0.479 e. The van der Waals surface area contributed by atoms with E-state index in [9.17, 15) is 0 Å². The Morgan fingerprint density at radius 2 is 2.21 bits per heavy atom. The Morgan fingerprint density at radius 1 is 1.42 bits per heavy atom. The van der Waals surface area contributed by atoms with E-state index in [-0.39, 0.29) is 6.61 Å². The van der Waals surface area contributed by atoms with Gasteiger partial charge in [0.15, 0.2) is 6.61 Å². The number of hydrogen-bond donors (Lipinski definition) is 1. The zero-order chi connectivity index (χ0) is 13.5. The Kier molecular flexibility index (Phi) is 5.20. The lowest BCUT2D eigenvalue weighted by molar-refractivity contribution is 0.226. The molecule has 0 saturated carbocycles. The Hall–Kier alpha value is -1.57. The number of likely N-dealkylation sites (tertiary alicyclic amines) is 1. The van der Waals surface area contributed by atoms with Gasteiger partial charge in [0.25, 0.3) is 0 Å². The molecule has 1 aliphatic rings. The summed E-state index contributed by atoms with van der Waals surface area (Å²) >= 11 is 0. The van der Waals surface area contributed by atoms with Crippen LogP contribution < -0.4 is 10.1 Å². The average molecular weight is 259 g/mol. The van der Waals surface area contributed by atoms with E-state index in [2.05, 4.69) is 17.3 Å². The van der Waals surface area contributed by atoms with Gasteiger partial charge in [0, 0.05) is 19.1 Å². The van der Waals surface area contributed by atoms with Crippen molar-refractivity contribution < 1.29 is 4.74 Å². The number of piperidine rings is 1. The van der Waals surface area contributed by atoms with Crippen LogP contribution >= 0.6 is 0 Å². The highest BCUT2D eigenvalue weighted by Crippen LogP contribution is 2.13. The Bertz CT molecular complexity index is 424. The highest BCUT2D eigenvalue weighted by molar-refractivity contribution is 5.27. The molecule has 1 aromatic rings. The smallest absolute Gasteiger partial charge is 0.174 e. The van der Waals surface area contributed by atoms with Crippen molar-refractivity contribution in [3.63, 3.8) is 0 Å². The van der Waals surface area contributed by atoms with E-state index < -0.39 is 0 Å². The first-order chi connectivity index (χ1) is 9.28. The molecule has 1 atom stereocenters. The van der Waals surface area contributed by atoms with Crippen LogP contribution in [0.3, 0.4) is 0 Å². The fourth-order valence-corrected chi connectivity index (χ4v) is 2.41. The van der Waals surface area contributed by atoms with Gasteiger partial charge < -0.3 is 15.0 Å². The first-order valence-electron chi connectivity index (χ1n) is 6.78. The van der Waals surface area contributed by atoms with E-state index in [1.165, 1.54) is 24.9 Å². The van der Waals surface area contributed by atoms with Crippen LogP contribution in [0, 0.1) is 11.3 Å². The van der Waals surface area contributed by atoms with Crippen molar-refractivity contribution in [1.29, 1.82) is 5.26 Å². The molecule has 0 amide bonds. The summed E-state index contributed by atoms with van der Waals surface area (Å²) in [5.41, 5.74) is 1.25. The normalized spacial score (nSPS) is 19.9. The standard InChI is InChI=1S/C15H21N3O/c1-18-9-2-3-14(12-18)17-11-13-4-6-15(7-5-13)19-10-8-16/h4-7,14,17H,2-3,9-12H2,1H3. The maximum Gasteiger partial charge on any atom is 0.174 e. The van der Waals surface area contributed by atoms with Crippen molar-refractivity contribution in [3.05, 3.63) is 29.8 Å². The molecule has 4 nitrogen and oxygen atoms in total. The summed E-state index contributed by atoms with van der Waals surface area (Å²) in [6.07, 6.45) is 2.53. The minimum absolute atomic E-state index is 0.103. The van der Waals surface area contributed by atoms with E-state index in [1.807, 2.05) is 30.3 Å². The Labute approximate surface area is 115 Å². The second-order valence-electron chi connectivity index (χ2n) is 5.07. The summed E-state index contributed by atoms with van der Waals surface area (Å²) in [6.45, 7) is 3.33. The summed E-state index contributed by atoms with van der Waals surface area (Å²) in [5, 5.41) is 12.0. The molecule has 0 bridgehead atoms. The zero-order valence-electron chi connectivity index (χ0n) is 11.4. The minimum atomic E-state index is 0.103. The SMILES string of the molecule is CN1CCCC(NCc2ccc(OCC#N)cc2)C1. The Balaban J connectivity index is 1.78. The molecule has 1 N–H and O–H groups in total. The van der Waals surface area contributed by atoms with Crippen molar-refractivity contribution in [2.75, 3.05) is 26.7 Å². The number of nitriles is 1. The van der Waals surface area contributed by atoms with Crippen molar-refractivity contribution in [2.45, 2.75) is 25.4 Å². The highest BCUT2D eigenvalue weighted by atomic mass is 16.5. The zero-order valence-corrected chi connectivity index (χ0v) is 11.4. The van der Waals surface area contributed by atoms with Gasteiger partial charge in [0.1, 0.15) is 11.8 Å². The predicted octanol–water partition coefficient (Wildman–Crippen LogP) is 1.77. The van der Waals surface area contributed by atoms with Gasteiger partial charge in [-0.15, -0.1) is 0 Å². The van der Waals surface area contributed by atoms with Gasteiger partial charge >= 0.3 is 0 Å². The molecule has 1 unspecified atom stereocenters. The van der Waals surface area contributed by atoms with Crippen LogP contribution in [-0.4, -0.2) is 37.7 Å². The molecule has 19 heavy (non-hydrogen) atoms. The topological polar surface area (TPSA) is 48.3 Å². The molecule has 1 aliphatic heterocycles. The van der Waals surface area contributed by atoms with E-state index in [0.717, 1.165) is 18.8 Å². The van der Waals surface area contributed by atoms with E-state index in [1.54, 1.807) is 0 Å². The second-order valence-corrected chi connectivity index (χ2v) is 5.07. The fourth-order valence-electron chi connectivity index (χ4n) is 2.41. The van der Waals surface area contributed by atoms with Crippen LogP contribution in [0.15, 0.2) is 24.3 Å². The molecular formula is C15H21N3O. The quantitative estimate of drug-likeness (QED) is 0.875. The molecule has 1 saturated heterocycles. The Morgan fingerprint density at radius 3 is 2.89 bits per heavy atom. The molecule has 0 spiro atoms. The number of ether oxygens (including phenoxy) is 1. The van der Waals surface area contributed by atoms with Crippen LogP contribution in [0.25, 0.3) is 0 Å². The third-order valence-electron chi connectivity index (χ3n) is 3.45. The lowest BCUT2D eigenvalue weighted by Crippen LogP contribution is -2.43. The number of benzene rings is 1. The van der Waals surface area contributed by atoms with Gasteiger partial charge in [-0.25, -0.2) is 0 Å². The van der Waals surface area contributed by atoms with Gasteiger partial charge in [-0.3, -0.25) is 0 Å². The average Bonchev–Trinajstić information content (AvgIpc) is 2.44. The van der Waals surface area contributed by atoms with E-state index in [4.69, 9.17) is 10.00 Å². The van der Waals surface area contributed by atoms with Crippen LogP contribution in [0.1, 0.15) is 18.4 Å². The van der Waals surface area contributed by atoms with Gasteiger partial charge in [0.2, 0.25) is 0 Å². The number of nitrogens with zero attached hydrogens (tertiary/aromatic N) is 2. The fraction of sp³-hybridized carbons (Fsp3) is 0.533. The van der Waals surface area contributed by atoms with Crippen molar-refractivity contribution >= 4 is 0 Å². The highest BCUT2D eigenvalue weighted by Gasteiger charge is 2.15. The molecule has 1 fully saturated rings. The van der Waals surface area contributed by atoms with Crippen molar-refractivity contribution in [1.82, 2.24) is 10.2 Å². The molecule has 2 rings (SSSR count). The maximum atomic E-state index is 8.44. The molecule has 0 radical (unpaired) electrons. The van der Waals surface area contributed by atoms with Gasteiger partial charge in [-0.05, 0) is 44.1 Å². The second kappa shape index (κ2) is 7.13. The van der Waals surface area contributed by atoms with Gasteiger partial charge in [-0.1, -0.05) is 12.1 Å². The summed E-state index contributed by atoms with van der Waals surface area (Å²) in [4.78, 5) is 2.37. The van der Waals surface area contributed by atoms with Crippen LogP contribution in [0.2, 0.25) is 0 Å². The van der Waals surface area contributed by atoms with Gasteiger partial charge in [0.05, 0.1) is 0 Å². The predicted molar refractivity (Wildman–Crippen MR) is 74.9 cm³/mol. The van der Waals surface area contributed by atoms with Crippen LogP contribution in [0.4, 0.5) is 0 Å². The van der Waals surface area contributed by atoms with Crippen LogP contribution in [-0.2, 0) is 6.54 Å². The lowest BCUT2D eigenvalue weighted by Gasteiger charge is -2.30. The van der Waals surface area contributed by atoms with Crippen molar-refractivity contribution in [2.24, 2.45) is 0 Å². The van der Waals surface area contributed by atoms with Crippen molar-refractivity contribution in [3.8, 4) is 11.8 Å². The number of likely N-dealkylation sites (N-methyl/N-ethyl adjacent to an activating group) is 1.